The number of nitrogens with zero attached hydrogens (tertiary/aromatic N) is 5. The Morgan fingerprint density at radius 1 is 1.06 bits per heavy atom. The molecule has 0 saturated heterocycles. The van der Waals surface area contributed by atoms with Crippen LogP contribution in [-0.2, 0) is 12.6 Å². The number of rotatable bonds is 5. The molecule has 4 rings (SSSR count). The molecular formula is C22H15F5N8O. The van der Waals surface area contributed by atoms with Gasteiger partial charge in [0.15, 0.2) is 5.82 Å². The molecule has 5 N–H and O–H groups in total. The van der Waals surface area contributed by atoms with E-state index in [4.69, 9.17) is 11.5 Å². The Bertz CT molecular complexity index is 1570. The van der Waals surface area contributed by atoms with Crippen LogP contribution in [0.3, 0.4) is 0 Å². The van der Waals surface area contributed by atoms with Gasteiger partial charge in [0.25, 0.3) is 5.56 Å². The lowest BCUT2D eigenvalue weighted by Gasteiger charge is -2.17. The standard InChI is InChI=1S/C22H15F5N8O/c23-10-6-11(24)8-12(7-10)35-16(4-5-31-19-14(9-28)18(29)33-21(30)34-19)32-17-13(20(35)36)2-1-3-15(17)22(25,26)27/h1-3,6-8H,4-5H2,(H5,29,30,31,33,34). The molecule has 14 heteroatoms. The molecule has 2 aromatic carbocycles. The fraction of sp³-hybridized carbons (Fsp3) is 0.136. The minimum atomic E-state index is -4.82. The van der Waals surface area contributed by atoms with Gasteiger partial charge in [0, 0.05) is 19.0 Å². The molecule has 184 valence electrons. The Labute approximate surface area is 198 Å². The van der Waals surface area contributed by atoms with Crippen molar-refractivity contribution in [2.75, 3.05) is 23.3 Å². The number of para-hydroxylation sites is 1. The Hall–Kier alpha value is -4.80. The smallest absolute Gasteiger partial charge is 0.382 e. The molecule has 2 aromatic heterocycles. The normalized spacial score (nSPS) is 11.4. The van der Waals surface area contributed by atoms with Crippen LogP contribution >= 0.6 is 0 Å². The third kappa shape index (κ3) is 4.58. The lowest BCUT2D eigenvalue weighted by molar-refractivity contribution is -0.136. The fourth-order valence-electron chi connectivity index (χ4n) is 3.61. The van der Waals surface area contributed by atoms with E-state index in [2.05, 4.69) is 20.3 Å². The van der Waals surface area contributed by atoms with E-state index in [0.29, 0.717) is 6.07 Å². The predicted octanol–water partition coefficient (Wildman–Crippen LogP) is 3.16. The maximum absolute atomic E-state index is 13.9. The van der Waals surface area contributed by atoms with Crippen molar-refractivity contribution in [3.8, 4) is 11.8 Å². The second-order valence-corrected chi connectivity index (χ2v) is 7.47. The van der Waals surface area contributed by atoms with Crippen LogP contribution in [0.5, 0.6) is 0 Å². The van der Waals surface area contributed by atoms with Gasteiger partial charge in [-0.25, -0.2) is 13.8 Å². The van der Waals surface area contributed by atoms with Crippen molar-refractivity contribution in [1.29, 1.82) is 5.26 Å². The van der Waals surface area contributed by atoms with Crippen molar-refractivity contribution in [1.82, 2.24) is 19.5 Å². The van der Waals surface area contributed by atoms with Crippen molar-refractivity contribution < 1.29 is 22.0 Å². The molecule has 0 atom stereocenters. The van der Waals surface area contributed by atoms with Crippen LogP contribution in [0.2, 0.25) is 0 Å². The summed E-state index contributed by atoms with van der Waals surface area (Å²) in [6.45, 7) is -0.130. The molecule has 9 nitrogen and oxygen atoms in total. The van der Waals surface area contributed by atoms with Crippen LogP contribution in [0, 0.1) is 23.0 Å². The predicted molar refractivity (Wildman–Crippen MR) is 120 cm³/mol. The zero-order valence-corrected chi connectivity index (χ0v) is 18.1. The maximum Gasteiger partial charge on any atom is 0.418 e. The van der Waals surface area contributed by atoms with Crippen molar-refractivity contribution >= 4 is 28.5 Å². The monoisotopic (exact) mass is 502 g/mol. The molecule has 0 saturated carbocycles. The van der Waals surface area contributed by atoms with Crippen LogP contribution in [0.4, 0.5) is 39.5 Å². The number of nitrogen functional groups attached to an aromatic ring is 2. The molecule has 0 spiro atoms. The summed E-state index contributed by atoms with van der Waals surface area (Å²) in [6.07, 6.45) is -5.05. The largest absolute Gasteiger partial charge is 0.418 e. The first-order valence-electron chi connectivity index (χ1n) is 10.1. The molecule has 0 aliphatic rings. The summed E-state index contributed by atoms with van der Waals surface area (Å²) in [5.41, 5.74) is 8.08. The number of anilines is 3. The van der Waals surface area contributed by atoms with Crippen LogP contribution in [-0.4, -0.2) is 26.1 Å². The highest BCUT2D eigenvalue weighted by Crippen LogP contribution is 2.33. The number of nitriles is 1. The van der Waals surface area contributed by atoms with Gasteiger partial charge in [-0.05, 0) is 24.3 Å². The highest BCUT2D eigenvalue weighted by molar-refractivity contribution is 5.82. The molecular weight excluding hydrogens is 487 g/mol. The van der Waals surface area contributed by atoms with Gasteiger partial charge in [-0.15, -0.1) is 0 Å². The van der Waals surface area contributed by atoms with Gasteiger partial charge in [0.2, 0.25) is 5.95 Å². The quantitative estimate of drug-likeness (QED) is 0.353. The van der Waals surface area contributed by atoms with Crippen molar-refractivity contribution in [3.63, 3.8) is 0 Å². The van der Waals surface area contributed by atoms with Crippen molar-refractivity contribution in [2.45, 2.75) is 12.6 Å². The molecule has 0 aliphatic heterocycles. The van der Waals surface area contributed by atoms with E-state index in [9.17, 15) is 32.0 Å². The lowest BCUT2D eigenvalue weighted by atomic mass is 10.1. The summed E-state index contributed by atoms with van der Waals surface area (Å²) < 4.78 is 69.5. The Balaban J connectivity index is 1.86. The summed E-state index contributed by atoms with van der Waals surface area (Å²) in [6, 6.07) is 7.03. The van der Waals surface area contributed by atoms with Crippen LogP contribution in [0.25, 0.3) is 16.6 Å². The summed E-state index contributed by atoms with van der Waals surface area (Å²) in [5.74, 6) is -2.73. The van der Waals surface area contributed by atoms with Crippen molar-refractivity contribution in [3.05, 3.63) is 75.3 Å². The number of nitrogens with two attached hydrogens (primary N) is 2. The number of hydrogen-bond donors (Lipinski definition) is 3. The fourth-order valence-corrected chi connectivity index (χ4v) is 3.61. The molecule has 4 aromatic rings. The van der Waals surface area contributed by atoms with Gasteiger partial charge >= 0.3 is 6.18 Å². The highest BCUT2D eigenvalue weighted by Gasteiger charge is 2.34. The minimum Gasteiger partial charge on any atom is -0.382 e. The molecule has 0 bridgehead atoms. The molecule has 36 heavy (non-hydrogen) atoms. The number of alkyl halides is 3. The van der Waals surface area contributed by atoms with Crippen molar-refractivity contribution in [2.24, 2.45) is 0 Å². The van der Waals surface area contributed by atoms with Gasteiger partial charge < -0.3 is 16.8 Å². The number of hydrogen-bond acceptors (Lipinski definition) is 8. The molecule has 0 aliphatic carbocycles. The summed E-state index contributed by atoms with van der Waals surface area (Å²) in [5, 5.41) is 11.6. The third-order valence-electron chi connectivity index (χ3n) is 5.09. The van der Waals surface area contributed by atoms with E-state index >= 15 is 0 Å². The second-order valence-electron chi connectivity index (χ2n) is 7.47. The van der Waals surface area contributed by atoms with Crippen LogP contribution in [0.15, 0.2) is 41.2 Å². The number of aromatic nitrogens is 4. The van der Waals surface area contributed by atoms with Gasteiger partial charge in [-0.1, -0.05) is 6.07 Å². The zero-order chi connectivity index (χ0) is 26.2. The first-order chi connectivity index (χ1) is 17.0. The highest BCUT2D eigenvalue weighted by atomic mass is 19.4. The topological polar surface area (TPSA) is 149 Å². The number of fused-ring (bicyclic) bond motifs is 1. The lowest BCUT2D eigenvalue weighted by Crippen LogP contribution is -2.26. The average molecular weight is 502 g/mol. The molecule has 0 fully saturated rings. The van der Waals surface area contributed by atoms with E-state index in [-0.39, 0.29) is 47.6 Å². The zero-order valence-electron chi connectivity index (χ0n) is 18.1. The van der Waals surface area contributed by atoms with E-state index in [1.165, 1.54) is 0 Å². The molecule has 0 unspecified atom stereocenters. The second kappa shape index (κ2) is 9.10. The Kier molecular flexibility index (Phi) is 6.15. The average Bonchev–Trinajstić information content (AvgIpc) is 2.77. The van der Waals surface area contributed by atoms with Gasteiger partial charge in [-0.2, -0.15) is 28.4 Å². The van der Waals surface area contributed by atoms with Gasteiger partial charge in [0.1, 0.15) is 34.9 Å². The summed E-state index contributed by atoms with van der Waals surface area (Å²) in [4.78, 5) is 24.9. The minimum absolute atomic E-state index is 0.0510. The van der Waals surface area contributed by atoms with E-state index in [1.54, 1.807) is 6.07 Å². The molecule has 2 heterocycles. The van der Waals surface area contributed by atoms with Crippen LogP contribution in [0.1, 0.15) is 17.0 Å². The molecule has 0 amide bonds. The third-order valence-corrected chi connectivity index (χ3v) is 5.09. The molecule has 0 radical (unpaired) electrons. The van der Waals surface area contributed by atoms with Crippen LogP contribution < -0.4 is 22.3 Å². The van der Waals surface area contributed by atoms with E-state index < -0.39 is 39.8 Å². The number of benzene rings is 2. The Morgan fingerprint density at radius 2 is 1.75 bits per heavy atom. The first-order valence-corrected chi connectivity index (χ1v) is 10.1. The van der Waals surface area contributed by atoms with E-state index in [0.717, 1.165) is 34.9 Å². The number of nitrogens with one attached hydrogen (secondary N) is 1. The van der Waals surface area contributed by atoms with E-state index in [1.807, 2.05) is 0 Å². The SMILES string of the molecule is N#Cc1c(N)nc(N)nc1NCCc1nc2c(C(F)(F)F)cccc2c(=O)n1-c1cc(F)cc(F)c1. The summed E-state index contributed by atoms with van der Waals surface area (Å²) >= 11 is 0. The van der Waals surface area contributed by atoms with Gasteiger partial charge in [0.05, 0.1) is 22.2 Å². The first kappa shape index (κ1) is 24.3. The van der Waals surface area contributed by atoms with Gasteiger partial charge in [-0.3, -0.25) is 9.36 Å². The number of halogens is 5. The summed E-state index contributed by atoms with van der Waals surface area (Å²) in [7, 11) is 0. The Morgan fingerprint density at radius 3 is 2.39 bits per heavy atom. The maximum atomic E-state index is 13.9.